The lowest BCUT2D eigenvalue weighted by Crippen LogP contribution is -2.39. The fraction of sp³-hybridized carbons (Fsp3) is 0.571. The summed E-state index contributed by atoms with van der Waals surface area (Å²) in [5.74, 6) is 0.360. The minimum Gasteiger partial charge on any atom is -0.315 e. The standard InChI is InChI=1S/C14H17N3OS/c1-8-5-6-16-12(8)13(18)17-14-10(7-15)9-3-2-4-11(9)19-14/h8,12,16H,2-6H2,1H3,(H,17,18). The Labute approximate surface area is 116 Å². The molecule has 0 aromatic carbocycles. The summed E-state index contributed by atoms with van der Waals surface area (Å²) in [4.78, 5) is 13.5. The van der Waals surface area contributed by atoms with E-state index in [0.717, 1.165) is 42.8 Å². The van der Waals surface area contributed by atoms with Gasteiger partial charge < -0.3 is 10.6 Å². The van der Waals surface area contributed by atoms with Gasteiger partial charge in [0.25, 0.3) is 0 Å². The van der Waals surface area contributed by atoms with Crippen LogP contribution in [0.3, 0.4) is 0 Å². The number of anilines is 1. The second-order valence-electron chi connectivity index (χ2n) is 5.36. The van der Waals surface area contributed by atoms with Crippen LogP contribution in [0.5, 0.6) is 0 Å². The summed E-state index contributed by atoms with van der Waals surface area (Å²) in [7, 11) is 0. The van der Waals surface area contributed by atoms with Crippen molar-refractivity contribution in [2.45, 2.75) is 38.6 Å². The van der Waals surface area contributed by atoms with Crippen LogP contribution in [0.1, 0.15) is 35.8 Å². The molecule has 5 heteroatoms. The Morgan fingerprint density at radius 3 is 3.05 bits per heavy atom. The molecule has 0 saturated carbocycles. The third-order valence-electron chi connectivity index (χ3n) is 4.09. The van der Waals surface area contributed by atoms with Crippen molar-refractivity contribution in [1.29, 1.82) is 5.26 Å². The van der Waals surface area contributed by atoms with E-state index < -0.39 is 0 Å². The largest absolute Gasteiger partial charge is 0.315 e. The van der Waals surface area contributed by atoms with Crippen molar-refractivity contribution >= 4 is 22.2 Å². The molecule has 2 heterocycles. The number of nitrogens with one attached hydrogen (secondary N) is 2. The maximum absolute atomic E-state index is 12.2. The van der Waals surface area contributed by atoms with E-state index in [-0.39, 0.29) is 11.9 Å². The van der Waals surface area contributed by atoms with Crippen molar-refractivity contribution in [3.8, 4) is 6.07 Å². The van der Waals surface area contributed by atoms with Crippen molar-refractivity contribution in [2.24, 2.45) is 5.92 Å². The summed E-state index contributed by atoms with van der Waals surface area (Å²) < 4.78 is 0. The van der Waals surface area contributed by atoms with Crippen LogP contribution in [-0.4, -0.2) is 18.5 Å². The van der Waals surface area contributed by atoms with Crippen LogP contribution < -0.4 is 10.6 Å². The zero-order valence-corrected chi connectivity index (χ0v) is 11.8. The van der Waals surface area contributed by atoms with Gasteiger partial charge in [0.2, 0.25) is 5.91 Å². The molecule has 2 unspecified atom stereocenters. The van der Waals surface area contributed by atoms with Crippen molar-refractivity contribution < 1.29 is 4.79 Å². The number of hydrogen-bond acceptors (Lipinski definition) is 4. The Morgan fingerprint density at radius 1 is 1.53 bits per heavy atom. The summed E-state index contributed by atoms with van der Waals surface area (Å²) in [5.41, 5.74) is 1.85. The summed E-state index contributed by atoms with van der Waals surface area (Å²) in [6, 6.07) is 2.14. The zero-order chi connectivity index (χ0) is 13.4. The van der Waals surface area contributed by atoms with Gasteiger partial charge in [-0.3, -0.25) is 4.79 Å². The molecule has 1 amide bonds. The molecular formula is C14H17N3OS. The highest BCUT2D eigenvalue weighted by molar-refractivity contribution is 7.16. The molecule has 1 aliphatic carbocycles. The number of aryl methyl sites for hydroxylation is 1. The minimum absolute atomic E-state index is 0.00132. The Balaban J connectivity index is 1.80. The molecule has 1 saturated heterocycles. The second kappa shape index (κ2) is 4.95. The van der Waals surface area contributed by atoms with Crippen LogP contribution in [0.15, 0.2) is 0 Å². The number of nitriles is 1. The first-order valence-electron chi connectivity index (χ1n) is 6.79. The van der Waals surface area contributed by atoms with E-state index in [1.165, 1.54) is 4.88 Å². The van der Waals surface area contributed by atoms with Gasteiger partial charge in [-0.05, 0) is 43.7 Å². The number of nitrogens with zero attached hydrogens (tertiary/aromatic N) is 1. The summed E-state index contributed by atoms with van der Waals surface area (Å²) >= 11 is 1.58. The van der Waals surface area contributed by atoms with E-state index >= 15 is 0 Å². The molecule has 100 valence electrons. The van der Waals surface area contributed by atoms with Crippen molar-refractivity contribution in [3.63, 3.8) is 0 Å². The number of carbonyl (C=O) groups is 1. The topological polar surface area (TPSA) is 64.9 Å². The van der Waals surface area contributed by atoms with Gasteiger partial charge in [0, 0.05) is 4.88 Å². The van der Waals surface area contributed by atoms with Crippen molar-refractivity contribution in [2.75, 3.05) is 11.9 Å². The average Bonchev–Trinajstić information content (AvgIpc) is 3.04. The van der Waals surface area contributed by atoms with Gasteiger partial charge in [-0.25, -0.2) is 0 Å². The van der Waals surface area contributed by atoms with Crippen molar-refractivity contribution in [1.82, 2.24) is 5.32 Å². The number of fused-ring (bicyclic) bond motifs is 1. The molecule has 0 bridgehead atoms. The fourth-order valence-electron chi connectivity index (χ4n) is 2.99. The lowest BCUT2D eigenvalue weighted by Gasteiger charge is -2.14. The zero-order valence-electron chi connectivity index (χ0n) is 11.0. The van der Waals surface area contributed by atoms with Gasteiger partial charge in [-0.15, -0.1) is 11.3 Å². The molecule has 1 fully saturated rings. The first-order valence-corrected chi connectivity index (χ1v) is 7.61. The van der Waals surface area contributed by atoms with Crippen molar-refractivity contribution in [3.05, 3.63) is 16.0 Å². The Morgan fingerprint density at radius 2 is 2.37 bits per heavy atom. The van der Waals surface area contributed by atoms with Gasteiger partial charge in [0.05, 0.1) is 11.6 Å². The van der Waals surface area contributed by atoms with Crippen LogP contribution in [0, 0.1) is 17.2 Å². The molecule has 4 nitrogen and oxygen atoms in total. The summed E-state index contributed by atoms with van der Waals surface area (Å²) in [6.45, 7) is 2.98. The summed E-state index contributed by atoms with van der Waals surface area (Å²) in [6.07, 6.45) is 4.18. The minimum atomic E-state index is -0.122. The van der Waals surface area contributed by atoms with E-state index in [2.05, 4.69) is 23.6 Å². The molecule has 0 spiro atoms. The molecule has 1 aromatic heterocycles. The van der Waals surface area contributed by atoms with Gasteiger partial charge in [-0.2, -0.15) is 5.26 Å². The van der Waals surface area contributed by atoms with Gasteiger partial charge in [0.15, 0.2) is 0 Å². The predicted molar refractivity (Wildman–Crippen MR) is 75.3 cm³/mol. The Hall–Kier alpha value is -1.38. The predicted octanol–water partition coefficient (Wildman–Crippen LogP) is 2.04. The number of amides is 1. The maximum atomic E-state index is 12.2. The smallest absolute Gasteiger partial charge is 0.242 e. The van der Waals surface area contributed by atoms with E-state index in [1.807, 2.05) is 0 Å². The molecule has 0 radical (unpaired) electrons. The number of carbonyl (C=O) groups excluding carboxylic acids is 1. The molecule has 1 aliphatic heterocycles. The van der Waals surface area contributed by atoms with E-state index in [4.69, 9.17) is 0 Å². The van der Waals surface area contributed by atoms with Crippen LogP contribution >= 0.6 is 11.3 Å². The van der Waals surface area contributed by atoms with Gasteiger partial charge in [-0.1, -0.05) is 6.92 Å². The highest BCUT2D eigenvalue weighted by Gasteiger charge is 2.31. The van der Waals surface area contributed by atoms with Gasteiger partial charge in [0.1, 0.15) is 11.1 Å². The highest BCUT2D eigenvalue weighted by atomic mass is 32.1. The maximum Gasteiger partial charge on any atom is 0.242 e. The van der Waals surface area contributed by atoms with E-state index in [0.29, 0.717) is 11.5 Å². The van der Waals surface area contributed by atoms with E-state index in [1.54, 1.807) is 11.3 Å². The molecule has 1 aromatic rings. The van der Waals surface area contributed by atoms with Crippen LogP contribution in [0.2, 0.25) is 0 Å². The number of rotatable bonds is 2. The first-order chi connectivity index (χ1) is 9.20. The monoisotopic (exact) mass is 275 g/mol. The third-order valence-corrected chi connectivity index (χ3v) is 5.29. The fourth-order valence-corrected chi connectivity index (χ4v) is 4.23. The molecule has 2 aliphatic rings. The number of thiophene rings is 1. The second-order valence-corrected chi connectivity index (χ2v) is 6.47. The first kappa shape index (κ1) is 12.6. The Kier molecular flexibility index (Phi) is 3.29. The molecule has 2 N–H and O–H groups in total. The van der Waals surface area contributed by atoms with E-state index in [9.17, 15) is 10.1 Å². The SMILES string of the molecule is CC1CCNC1C(=O)Nc1sc2c(c1C#N)CCC2. The number of hydrogen-bond donors (Lipinski definition) is 2. The van der Waals surface area contributed by atoms with Crippen LogP contribution in [0.25, 0.3) is 0 Å². The lowest BCUT2D eigenvalue weighted by molar-refractivity contribution is -0.118. The molecular weight excluding hydrogens is 258 g/mol. The highest BCUT2D eigenvalue weighted by Crippen LogP contribution is 2.38. The van der Waals surface area contributed by atoms with Crippen LogP contribution in [0.4, 0.5) is 5.00 Å². The van der Waals surface area contributed by atoms with Gasteiger partial charge >= 0.3 is 0 Å². The average molecular weight is 275 g/mol. The van der Waals surface area contributed by atoms with Crippen LogP contribution in [-0.2, 0) is 17.6 Å². The normalized spacial score (nSPS) is 25.1. The Bertz CT molecular complexity index is 558. The third kappa shape index (κ3) is 2.15. The quantitative estimate of drug-likeness (QED) is 0.868. The molecule has 19 heavy (non-hydrogen) atoms. The summed E-state index contributed by atoms with van der Waals surface area (Å²) in [5, 5.41) is 16.2. The molecule has 2 atom stereocenters. The lowest BCUT2D eigenvalue weighted by atomic mass is 10.0. The molecule has 3 rings (SSSR count).